The van der Waals surface area contributed by atoms with E-state index in [1.807, 2.05) is 19.9 Å². The highest BCUT2D eigenvalue weighted by Crippen LogP contribution is 2.33. The highest BCUT2D eigenvalue weighted by atomic mass is 32.2. The molecule has 0 N–H and O–H groups in total. The summed E-state index contributed by atoms with van der Waals surface area (Å²) in [5, 5.41) is 0. The van der Waals surface area contributed by atoms with Crippen molar-refractivity contribution in [2.45, 2.75) is 84.7 Å². The zero-order valence-electron chi connectivity index (χ0n) is 18.4. The maximum absolute atomic E-state index is 12.4. The minimum atomic E-state index is -3.95. The molecule has 0 aromatic heterocycles. The molecule has 1 aliphatic carbocycles. The van der Waals surface area contributed by atoms with E-state index in [-0.39, 0.29) is 17.6 Å². The van der Waals surface area contributed by atoms with E-state index in [0.29, 0.717) is 17.2 Å². The van der Waals surface area contributed by atoms with Gasteiger partial charge in [0.25, 0.3) is 0 Å². The van der Waals surface area contributed by atoms with Gasteiger partial charge in [0.1, 0.15) is 0 Å². The molecule has 1 saturated carbocycles. The van der Waals surface area contributed by atoms with Gasteiger partial charge in [-0.25, -0.2) is 8.42 Å². The second kappa shape index (κ2) is 10.1. The highest BCUT2D eigenvalue weighted by molar-refractivity contribution is 7.91. The average Bonchev–Trinajstić information content (AvgIpc) is 3.37. The number of aliphatic imine (C=N–C) groups is 1. The van der Waals surface area contributed by atoms with Crippen molar-refractivity contribution >= 4 is 21.2 Å². The van der Waals surface area contributed by atoms with Crippen LogP contribution >= 0.6 is 0 Å². The fraction of sp³-hybridized carbons (Fsp3) is 0.682. The van der Waals surface area contributed by atoms with Crippen molar-refractivity contribution in [2.75, 3.05) is 5.75 Å². The summed E-state index contributed by atoms with van der Waals surface area (Å²) in [6, 6.07) is 5.29. The quantitative estimate of drug-likeness (QED) is 0.451. The van der Waals surface area contributed by atoms with Crippen LogP contribution in [0.4, 0.5) is 18.9 Å². The Morgan fingerprint density at radius 1 is 1.17 bits per heavy atom. The lowest BCUT2D eigenvalue weighted by Crippen LogP contribution is -2.16. The lowest BCUT2D eigenvalue weighted by Gasteiger charge is -2.18. The van der Waals surface area contributed by atoms with Crippen LogP contribution in [0.3, 0.4) is 0 Å². The predicted octanol–water partition coefficient (Wildman–Crippen LogP) is 7.06. The van der Waals surface area contributed by atoms with E-state index < -0.39 is 22.4 Å². The molecule has 7 heteroatoms. The van der Waals surface area contributed by atoms with Crippen molar-refractivity contribution in [3.8, 4) is 0 Å². The van der Waals surface area contributed by atoms with Crippen molar-refractivity contribution in [3.63, 3.8) is 0 Å². The summed E-state index contributed by atoms with van der Waals surface area (Å²) in [6.45, 7) is 12.0. The molecule has 1 aromatic carbocycles. The number of alkyl halides is 3. The molecule has 0 unspecified atom stereocenters. The van der Waals surface area contributed by atoms with E-state index >= 15 is 0 Å². The number of nitrogens with zero attached hydrogens (tertiary/aromatic N) is 1. The maximum atomic E-state index is 12.4. The van der Waals surface area contributed by atoms with Crippen LogP contribution in [0, 0.1) is 18.3 Å². The number of sulfone groups is 1. The molecule has 0 aliphatic heterocycles. The summed E-state index contributed by atoms with van der Waals surface area (Å²) >= 11 is 0. The van der Waals surface area contributed by atoms with Gasteiger partial charge in [0, 0.05) is 12.1 Å². The minimum Gasteiger partial charge on any atom is -0.257 e. The lowest BCUT2D eigenvalue weighted by molar-refractivity contribution is -0.135. The summed E-state index contributed by atoms with van der Waals surface area (Å²) in [5.41, 5.74) is 2.75. The van der Waals surface area contributed by atoms with Crippen LogP contribution in [-0.2, 0) is 9.84 Å². The van der Waals surface area contributed by atoms with Crippen molar-refractivity contribution < 1.29 is 21.6 Å². The predicted molar refractivity (Wildman–Crippen MR) is 114 cm³/mol. The van der Waals surface area contributed by atoms with Gasteiger partial charge in [0.05, 0.1) is 16.3 Å². The van der Waals surface area contributed by atoms with Gasteiger partial charge in [-0.1, -0.05) is 40.2 Å². The molecule has 2 rings (SSSR count). The number of aryl methyl sites for hydroxylation is 1. The van der Waals surface area contributed by atoms with E-state index in [2.05, 4.69) is 25.8 Å². The minimum absolute atomic E-state index is 0.0185. The standard InChI is InChI=1S/C17H25NO2S.C5H9F3/c1-12-6-9-15(21(19,20)11-14-7-8-14)10-16(12)18-13(2)17(3,4)5;1-2-3-4-5(6,7)8/h6,9-10,14H,7-8,11H2,1-5H3;2-4H2,1H3. The largest absolute Gasteiger partial charge is 0.389 e. The van der Waals surface area contributed by atoms with Gasteiger partial charge in [-0.2, -0.15) is 13.2 Å². The number of unbranched alkanes of at least 4 members (excludes halogenated alkanes) is 1. The molecule has 0 radical (unpaired) electrons. The van der Waals surface area contributed by atoms with Crippen molar-refractivity contribution in [2.24, 2.45) is 16.3 Å². The zero-order chi connectivity index (χ0) is 22.5. The van der Waals surface area contributed by atoms with Crippen LogP contribution in [0.25, 0.3) is 0 Å². The van der Waals surface area contributed by atoms with E-state index in [9.17, 15) is 21.6 Å². The van der Waals surface area contributed by atoms with Gasteiger partial charge in [-0.15, -0.1) is 0 Å². The van der Waals surface area contributed by atoms with Crippen LogP contribution in [0.2, 0.25) is 0 Å². The second-order valence-corrected chi connectivity index (χ2v) is 10.9. The van der Waals surface area contributed by atoms with Gasteiger partial charge in [-0.05, 0) is 62.1 Å². The first-order valence-electron chi connectivity index (χ1n) is 10.1. The molecule has 0 atom stereocenters. The Balaban J connectivity index is 0.000000447. The van der Waals surface area contributed by atoms with Gasteiger partial charge >= 0.3 is 6.18 Å². The highest BCUT2D eigenvalue weighted by Gasteiger charge is 2.29. The van der Waals surface area contributed by atoms with Gasteiger partial charge in [-0.3, -0.25) is 4.99 Å². The fourth-order valence-corrected chi connectivity index (χ4v) is 4.03. The summed E-state index contributed by atoms with van der Waals surface area (Å²) in [6.07, 6.45) is -1.64. The Bertz CT molecular complexity index is 802. The molecular weight excluding hydrogens is 399 g/mol. The third-order valence-electron chi connectivity index (χ3n) is 4.88. The fourth-order valence-electron chi connectivity index (χ4n) is 2.32. The van der Waals surface area contributed by atoms with Crippen LogP contribution in [-0.4, -0.2) is 26.1 Å². The summed E-state index contributed by atoms with van der Waals surface area (Å²) in [4.78, 5) is 5.05. The molecule has 1 aliphatic rings. The molecule has 1 aromatic rings. The molecule has 29 heavy (non-hydrogen) atoms. The van der Waals surface area contributed by atoms with E-state index in [4.69, 9.17) is 0 Å². The molecule has 1 fully saturated rings. The number of hydrogen-bond acceptors (Lipinski definition) is 3. The van der Waals surface area contributed by atoms with Crippen LogP contribution in [0.5, 0.6) is 0 Å². The van der Waals surface area contributed by atoms with Gasteiger partial charge in [0.2, 0.25) is 0 Å². The van der Waals surface area contributed by atoms with Crippen molar-refractivity contribution in [1.82, 2.24) is 0 Å². The molecule has 166 valence electrons. The molecule has 0 heterocycles. The number of hydrogen-bond donors (Lipinski definition) is 0. The molecule has 0 amide bonds. The first kappa shape index (κ1) is 25.7. The van der Waals surface area contributed by atoms with Gasteiger partial charge < -0.3 is 0 Å². The third-order valence-corrected chi connectivity index (χ3v) is 6.76. The van der Waals surface area contributed by atoms with Crippen LogP contribution in [0.1, 0.15) is 72.3 Å². The molecule has 0 spiro atoms. The first-order chi connectivity index (χ1) is 13.2. The Morgan fingerprint density at radius 3 is 2.17 bits per heavy atom. The Labute approximate surface area is 173 Å². The monoisotopic (exact) mass is 433 g/mol. The molecule has 0 saturated heterocycles. The number of halogens is 3. The van der Waals surface area contributed by atoms with Crippen molar-refractivity contribution in [3.05, 3.63) is 23.8 Å². The maximum Gasteiger partial charge on any atom is 0.389 e. The average molecular weight is 434 g/mol. The summed E-state index contributed by atoms with van der Waals surface area (Å²) in [5.74, 6) is 0.636. The van der Waals surface area contributed by atoms with Crippen molar-refractivity contribution in [1.29, 1.82) is 0 Å². The lowest BCUT2D eigenvalue weighted by atomic mass is 9.91. The Kier molecular flexibility index (Phi) is 8.93. The summed E-state index contributed by atoms with van der Waals surface area (Å²) < 4.78 is 58.5. The normalized spacial score (nSPS) is 15.7. The smallest absolute Gasteiger partial charge is 0.257 e. The Hall–Kier alpha value is -1.37. The van der Waals surface area contributed by atoms with Gasteiger partial charge in [0.15, 0.2) is 9.84 Å². The van der Waals surface area contributed by atoms with Crippen LogP contribution in [0.15, 0.2) is 28.1 Å². The second-order valence-electron chi connectivity index (χ2n) is 8.84. The van der Waals surface area contributed by atoms with E-state index in [0.717, 1.165) is 29.8 Å². The number of benzene rings is 1. The zero-order valence-corrected chi connectivity index (χ0v) is 19.2. The SMILES string of the molecule is CC(=Nc1cc(S(=O)(=O)CC2CC2)ccc1C)C(C)(C)C.CCCCC(F)(F)F. The third kappa shape index (κ3) is 9.79. The van der Waals surface area contributed by atoms with E-state index in [1.54, 1.807) is 19.1 Å². The number of rotatable bonds is 6. The molecule has 0 bridgehead atoms. The topological polar surface area (TPSA) is 46.5 Å². The first-order valence-corrected chi connectivity index (χ1v) is 11.8. The molecular formula is C22H34F3NO2S. The van der Waals surface area contributed by atoms with E-state index in [1.165, 1.54) is 0 Å². The molecule has 3 nitrogen and oxygen atoms in total. The Morgan fingerprint density at radius 2 is 1.76 bits per heavy atom. The van der Waals surface area contributed by atoms with Crippen LogP contribution < -0.4 is 0 Å². The summed E-state index contributed by atoms with van der Waals surface area (Å²) in [7, 11) is -3.18.